The molecule has 21 heavy (non-hydrogen) atoms. The summed E-state index contributed by atoms with van der Waals surface area (Å²) in [5.41, 5.74) is 2.91. The maximum Gasteiger partial charge on any atom is 0.179 e. The highest BCUT2D eigenvalue weighted by atomic mass is 35.5. The van der Waals surface area contributed by atoms with E-state index in [1.165, 1.54) is 0 Å². The Morgan fingerprint density at radius 1 is 1.05 bits per heavy atom. The second-order valence-electron chi connectivity index (χ2n) is 4.59. The van der Waals surface area contributed by atoms with E-state index in [9.17, 15) is 0 Å². The SMILES string of the molecule is COc1ccc(CNc2ccc(C)c(Cl)c2)c(Cl)c1OC. The Morgan fingerprint density at radius 2 is 1.81 bits per heavy atom. The lowest BCUT2D eigenvalue weighted by atomic mass is 10.1. The fourth-order valence-electron chi connectivity index (χ4n) is 1.97. The van der Waals surface area contributed by atoms with Crippen LogP contribution in [0.25, 0.3) is 0 Å². The van der Waals surface area contributed by atoms with Crippen LogP contribution in [0.4, 0.5) is 5.69 Å². The third-order valence-electron chi connectivity index (χ3n) is 3.22. The molecule has 0 heterocycles. The summed E-state index contributed by atoms with van der Waals surface area (Å²) < 4.78 is 10.5. The van der Waals surface area contributed by atoms with Gasteiger partial charge in [0.05, 0.1) is 19.2 Å². The number of aryl methyl sites for hydroxylation is 1. The molecule has 2 aromatic carbocycles. The normalized spacial score (nSPS) is 10.3. The highest BCUT2D eigenvalue weighted by Crippen LogP contribution is 2.37. The van der Waals surface area contributed by atoms with E-state index in [0.717, 1.165) is 21.8 Å². The van der Waals surface area contributed by atoms with Crippen LogP contribution in [0.15, 0.2) is 30.3 Å². The first-order valence-electron chi connectivity index (χ1n) is 6.46. The Labute approximate surface area is 134 Å². The predicted octanol–water partition coefficient (Wildman–Crippen LogP) is 4.93. The topological polar surface area (TPSA) is 30.5 Å². The monoisotopic (exact) mass is 325 g/mol. The lowest BCUT2D eigenvalue weighted by molar-refractivity contribution is 0.355. The van der Waals surface area contributed by atoms with Crippen LogP contribution < -0.4 is 14.8 Å². The van der Waals surface area contributed by atoms with Crippen LogP contribution in [0.3, 0.4) is 0 Å². The Hall–Kier alpha value is -1.58. The largest absolute Gasteiger partial charge is 0.493 e. The van der Waals surface area contributed by atoms with Crippen molar-refractivity contribution in [3.05, 3.63) is 51.5 Å². The molecule has 0 aliphatic carbocycles. The average Bonchev–Trinajstić information content (AvgIpc) is 2.49. The van der Waals surface area contributed by atoms with Crippen LogP contribution >= 0.6 is 23.2 Å². The summed E-state index contributed by atoms with van der Waals surface area (Å²) in [7, 11) is 3.15. The van der Waals surface area contributed by atoms with Crippen LogP contribution in [0.5, 0.6) is 11.5 Å². The summed E-state index contributed by atoms with van der Waals surface area (Å²) in [4.78, 5) is 0. The van der Waals surface area contributed by atoms with E-state index in [4.69, 9.17) is 32.7 Å². The summed E-state index contributed by atoms with van der Waals surface area (Å²) >= 11 is 12.5. The molecule has 0 bridgehead atoms. The minimum absolute atomic E-state index is 0.542. The van der Waals surface area contributed by atoms with Crippen molar-refractivity contribution in [3.8, 4) is 11.5 Å². The first-order valence-corrected chi connectivity index (χ1v) is 7.21. The summed E-state index contributed by atoms with van der Waals surface area (Å²) in [5, 5.41) is 4.57. The zero-order valence-electron chi connectivity index (χ0n) is 12.2. The molecule has 0 atom stereocenters. The van der Waals surface area contributed by atoms with E-state index >= 15 is 0 Å². The molecular formula is C16H17Cl2NO2. The van der Waals surface area contributed by atoms with Gasteiger partial charge in [-0.3, -0.25) is 0 Å². The molecule has 0 amide bonds. The van der Waals surface area contributed by atoms with Gasteiger partial charge in [0, 0.05) is 17.3 Å². The predicted molar refractivity (Wildman–Crippen MR) is 88.1 cm³/mol. The van der Waals surface area contributed by atoms with Gasteiger partial charge in [-0.1, -0.05) is 35.3 Å². The highest BCUT2D eigenvalue weighted by molar-refractivity contribution is 6.33. The van der Waals surface area contributed by atoms with Crippen molar-refractivity contribution in [1.82, 2.24) is 0 Å². The lowest BCUT2D eigenvalue weighted by Gasteiger charge is -2.14. The van der Waals surface area contributed by atoms with E-state index < -0.39 is 0 Å². The van der Waals surface area contributed by atoms with Crippen molar-refractivity contribution in [2.45, 2.75) is 13.5 Å². The van der Waals surface area contributed by atoms with Gasteiger partial charge in [0.25, 0.3) is 0 Å². The third kappa shape index (κ3) is 3.55. The van der Waals surface area contributed by atoms with Gasteiger partial charge in [0.1, 0.15) is 0 Å². The fourth-order valence-corrected chi connectivity index (χ4v) is 2.45. The van der Waals surface area contributed by atoms with E-state index in [-0.39, 0.29) is 0 Å². The van der Waals surface area contributed by atoms with Gasteiger partial charge < -0.3 is 14.8 Å². The number of methoxy groups -OCH3 is 2. The Kier molecular flexibility index (Phi) is 5.21. The highest BCUT2D eigenvalue weighted by Gasteiger charge is 2.12. The molecule has 0 spiro atoms. The van der Waals surface area contributed by atoms with Crippen molar-refractivity contribution < 1.29 is 9.47 Å². The first-order chi connectivity index (χ1) is 10.1. The van der Waals surface area contributed by atoms with Crippen LogP contribution in [-0.2, 0) is 6.54 Å². The summed E-state index contributed by atoms with van der Waals surface area (Å²) in [6.45, 7) is 2.54. The number of rotatable bonds is 5. The molecule has 0 unspecified atom stereocenters. The molecule has 1 N–H and O–H groups in total. The molecule has 0 saturated carbocycles. The second-order valence-corrected chi connectivity index (χ2v) is 5.38. The molecule has 0 aliphatic rings. The zero-order chi connectivity index (χ0) is 15.4. The van der Waals surface area contributed by atoms with Crippen molar-refractivity contribution in [2.24, 2.45) is 0 Å². The lowest BCUT2D eigenvalue weighted by Crippen LogP contribution is -2.02. The minimum Gasteiger partial charge on any atom is -0.493 e. The number of halogens is 2. The van der Waals surface area contributed by atoms with Gasteiger partial charge in [-0.05, 0) is 36.2 Å². The smallest absolute Gasteiger partial charge is 0.179 e. The maximum atomic E-state index is 6.34. The molecule has 2 aromatic rings. The van der Waals surface area contributed by atoms with Gasteiger partial charge in [0.15, 0.2) is 11.5 Å². The number of benzene rings is 2. The van der Waals surface area contributed by atoms with Crippen LogP contribution in [-0.4, -0.2) is 14.2 Å². The Balaban J connectivity index is 2.18. The van der Waals surface area contributed by atoms with Crippen LogP contribution in [0, 0.1) is 6.92 Å². The summed E-state index contributed by atoms with van der Waals surface area (Å²) in [6, 6.07) is 9.60. The molecule has 0 fully saturated rings. The van der Waals surface area contributed by atoms with Crippen molar-refractivity contribution in [2.75, 3.05) is 19.5 Å². The number of nitrogens with one attached hydrogen (secondary N) is 1. The van der Waals surface area contributed by atoms with Crippen molar-refractivity contribution in [1.29, 1.82) is 0 Å². The summed E-state index contributed by atoms with van der Waals surface area (Å²) in [5.74, 6) is 1.16. The zero-order valence-corrected chi connectivity index (χ0v) is 13.7. The van der Waals surface area contributed by atoms with Gasteiger partial charge >= 0.3 is 0 Å². The molecule has 5 heteroatoms. The molecular weight excluding hydrogens is 309 g/mol. The standard InChI is InChI=1S/C16H17Cl2NO2/c1-10-4-6-12(8-13(10)17)19-9-11-5-7-14(20-2)16(21-3)15(11)18/h4-8,19H,9H2,1-3H3. The van der Waals surface area contributed by atoms with E-state index in [1.54, 1.807) is 14.2 Å². The molecule has 0 saturated heterocycles. The van der Waals surface area contributed by atoms with Crippen LogP contribution in [0.1, 0.15) is 11.1 Å². The average molecular weight is 326 g/mol. The van der Waals surface area contributed by atoms with Crippen molar-refractivity contribution >= 4 is 28.9 Å². The van der Waals surface area contributed by atoms with Crippen LogP contribution in [0.2, 0.25) is 10.0 Å². The van der Waals surface area contributed by atoms with E-state index in [2.05, 4.69) is 5.32 Å². The quantitative estimate of drug-likeness (QED) is 0.845. The summed E-state index contributed by atoms with van der Waals surface area (Å²) in [6.07, 6.45) is 0. The molecule has 2 rings (SSSR count). The van der Waals surface area contributed by atoms with E-state index in [0.29, 0.717) is 23.1 Å². The molecule has 0 radical (unpaired) electrons. The molecule has 112 valence electrons. The van der Waals surface area contributed by atoms with Gasteiger partial charge in [-0.2, -0.15) is 0 Å². The fraction of sp³-hybridized carbons (Fsp3) is 0.250. The maximum absolute atomic E-state index is 6.34. The third-order valence-corrected chi connectivity index (χ3v) is 4.04. The molecule has 0 aliphatic heterocycles. The number of hydrogen-bond acceptors (Lipinski definition) is 3. The second kappa shape index (κ2) is 6.92. The number of hydrogen-bond donors (Lipinski definition) is 1. The molecule has 3 nitrogen and oxygen atoms in total. The molecule has 0 aromatic heterocycles. The Bertz CT molecular complexity index is 644. The van der Waals surface area contributed by atoms with Gasteiger partial charge in [-0.25, -0.2) is 0 Å². The Morgan fingerprint density at radius 3 is 2.43 bits per heavy atom. The minimum atomic E-state index is 0.542. The number of ether oxygens (including phenoxy) is 2. The van der Waals surface area contributed by atoms with Gasteiger partial charge in [0.2, 0.25) is 0 Å². The first kappa shape index (κ1) is 15.8. The van der Waals surface area contributed by atoms with E-state index in [1.807, 2.05) is 37.3 Å². The van der Waals surface area contributed by atoms with Gasteiger partial charge in [-0.15, -0.1) is 0 Å². The number of anilines is 1. The van der Waals surface area contributed by atoms with Crippen molar-refractivity contribution in [3.63, 3.8) is 0 Å².